The lowest BCUT2D eigenvalue weighted by Gasteiger charge is -2.56. The lowest BCUT2D eigenvalue weighted by Crippen LogP contribution is -2.50. The van der Waals surface area contributed by atoms with Crippen molar-refractivity contribution in [2.75, 3.05) is 0 Å². The average Bonchev–Trinajstić information content (AvgIpc) is 2.99. The molecule has 3 saturated carbocycles. The van der Waals surface area contributed by atoms with Gasteiger partial charge in [0, 0.05) is 17.5 Å². The van der Waals surface area contributed by atoms with E-state index >= 15 is 0 Å². The summed E-state index contributed by atoms with van der Waals surface area (Å²) in [6.45, 7) is 4.56. The van der Waals surface area contributed by atoms with Crippen LogP contribution in [0.3, 0.4) is 0 Å². The molecule has 5 heteroatoms. The highest BCUT2D eigenvalue weighted by atomic mass is 16.6. The van der Waals surface area contributed by atoms with Crippen LogP contribution in [0.2, 0.25) is 0 Å². The van der Waals surface area contributed by atoms with Gasteiger partial charge in [0.2, 0.25) is 0 Å². The number of hydrogen-bond acceptors (Lipinski definition) is 4. The molecule has 0 bridgehead atoms. The Morgan fingerprint density at radius 3 is 2.48 bits per heavy atom. The fraction of sp³-hybridized carbons (Fsp3) is 0.577. The summed E-state index contributed by atoms with van der Waals surface area (Å²) in [7, 11) is 0. The molecule has 1 N–H and O–H groups in total. The first-order chi connectivity index (χ1) is 14.7. The molecule has 0 heterocycles. The van der Waals surface area contributed by atoms with Gasteiger partial charge in [-0.2, -0.15) is 0 Å². The van der Waals surface area contributed by atoms with Gasteiger partial charge in [0.25, 0.3) is 5.69 Å². The normalized spacial score (nSPS) is 40.7. The van der Waals surface area contributed by atoms with Gasteiger partial charge in [-0.05, 0) is 97.5 Å². The zero-order chi connectivity index (χ0) is 22.0. The van der Waals surface area contributed by atoms with Crippen LogP contribution in [0.15, 0.2) is 41.5 Å². The van der Waals surface area contributed by atoms with E-state index in [1.165, 1.54) is 17.7 Å². The molecule has 0 unspecified atom stereocenters. The number of non-ortho nitro benzene ring substituents is 1. The number of nitro groups is 1. The molecule has 1 aromatic rings. The van der Waals surface area contributed by atoms with Gasteiger partial charge in [-0.15, -0.1) is 0 Å². The number of Topliss-reactive ketones (excluding diaryl/α,β-unsaturated/α-hetero) is 1. The number of aliphatic hydroxyl groups excluding tert-OH is 1. The fourth-order valence-corrected chi connectivity index (χ4v) is 7.33. The molecule has 31 heavy (non-hydrogen) atoms. The molecule has 0 aliphatic heterocycles. The van der Waals surface area contributed by atoms with Gasteiger partial charge in [-0.1, -0.05) is 25.5 Å². The summed E-state index contributed by atoms with van der Waals surface area (Å²) in [6.07, 6.45) is 10.7. The third-order valence-electron chi connectivity index (χ3n) is 9.16. The van der Waals surface area contributed by atoms with Crippen LogP contribution in [0.5, 0.6) is 0 Å². The van der Waals surface area contributed by atoms with E-state index in [1.54, 1.807) is 12.1 Å². The monoisotopic (exact) mass is 421 g/mol. The Kier molecular flexibility index (Phi) is 4.74. The summed E-state index contributed by atoms with van der Waals surface area (Å²) in [5.41, 5.74) is 3.11. The van der Waals surface area contributed by atoms with Crippen LogP contribution >= 0.6 is 0 Å². The Balaban J connectivity index is 1.44. The van der Waals surface area contributed by atoms with Gasteiger partial charge in [0.05, 0.1) is 11.0 Å². The molecule has 0 saturated heterocycles. The summed E-state index contributed by atoms with van der Waals surface area (Å²) in [4.78, 5) is 24.0. The van der Waals surface area contributed by atoms with Crippen LogP contribution in [-0.2, 0) is 4.79 Å². The van der Waals surface area contributed by atoms with Crippen molar-refractivity contribution < 1.29 is 14.8 Å². The summed E-state index contributed by atoms with van der Waals surface area (Å²) >= 11 is 0. The Labute approximate surface area is 183 Å². The van der Waals surface area contributed by atoms with Crippen molar-refractivity contribution in [3.63, 3.8) is 0 Å². The van der Waals surface area contributed by atoms with E-state index in [0.717, 1.165) is 56.1 Å². The van der Waals surface area contributed by atoms with Crippen LogP contribution in [0.25, 0.3) is 6.08 Å². The van der Waals surface area contributed by atoms with Crippen molar-refractivity contribution in [3.05, 3.63) is 57.2 Å². The van der Waals surface area contributed by atoms with Gasteiger partial charge in [0.15, 0.2) is 5.78 Å². The molecule has 0 radical (unpaired) electrons. The van der Waals surface area contributed by atoms with E-state index in [2.05, 4.69) is 19.9 Å². The Bertz CT molecular complexity index is 993. The first-order valence-corrected chi connectivity index (χ1v) is 11.6. The number of fused-ring (bicyclic) bond motifs is 5. The minimum atomic E-state index is -0.400. The van der Waals surface area contributed by atoms with E-state index in [-0.39, 0.29) is 28.4 Å². The lowest BCUT2D eigenvalue weighted by molar-refractivity contribution is -0.384. The minimum Gasteiger partial charge on any atom is -0.393 e. The molecule has 5 nitrogen and oxygen atoms in total. The first-order valence-electron chi connectivity index (χ1n) is 11.6. The first kappa shape index (κ1) is 20.6. The highest BCUT2D eigenvalue weighted by molar-refractivity contribution is 6.06. The van der Waals surface area contributed by atoms with Crippen molar-refractivity contribution in [2.45, 2.75) is 64.9 Å². The predicted octanol–water partition coefficient (Wildman–Crippen LogP) is 5.48. The Hall–Kier alpha value is -2.27. The maximum absolute atomic E-state index is 13.5. The number of carbonyl (C=O) groups is 1. The number of allylic oxidation sites excluding steroid dienone is 2. The van der Waals surface area contributed by atoms with Crippen LogP contribution in [0.4, 0.5) is 5.69 Å². The predicted molar refractivity (Wildman–Crippen MR) is 119 cm³/mol. The van der Waals surface area contributed by atoms with Crippen LogP contribution < -0.4 is 0 Å². The molecule has 0 aromatic heterocycles. The average molecular weight is 422 g/mol. The largest absolute Gasteiger partial charge is 0.393 e. The number of ketones is 1. The van der Waals surface area contributed by atoms with Crippen LogP contribution in [-0.4, -0.2) is 21.9 Å². The van der Waals surface area contributed by atoms with E-state index in [4.69, 9.17) is 0 Å². The molecule has 1 aromatic carbocycles. The van der Waals surface area contributed by atoms with E-state index in [0.29, 0.717) is 17.8 Å². The molecule has 4 aliphatic rings. The third-order valence-corrected chi connectivity index (χ3v) is 9.16. The number of hydrogen-bond donors (Lipinski definition) is 1. The van der Waals surface area contributed by atoms with Gasteiger partial charge >= 0.3 is 0 Å². The number of nitrogens with zero attached hydrogens (tertiary/aromatic N) is 1. The number of nitro benzene ring substituents is 1. The molecule has 5 rings (SSSR count). The molecular formula is C26H31NO4. The summed E-state index contributed by atoms with van der Waals surface area (Å²) < 4.78 is 0. The summed E-state index contributed by atoms with van der Waals surface area (Å²) in [5, 5.41) is 21.1. The third kappa shape index (κ3) is 3.12. The maximum atomic E-state index is 13.5. The molecule has 164 valence electrons. The lowest BCUT2D eigenvalue weighted by atomic mass is 9.48. The van der Waals surface area contributed by atoms with Gasteiger partial charge < -0.3 is 5.11 Å². The highest BCUT2D eigenvalue weighted by Crippen LogP contribution is 2.64. The molecule has 4 aliphatic carbocycles. The second kappa shape index (κ2) is 7.13. The van der Waals surface area contributed by atoms with E-state index in [9.17, 15) is 20.0 Å². The second-order valence-electron chi connectivity index (χ2n) is 10.7. The Morgan fingerprint density at radius 2 is 1.77 bits per heavy atom. The molecule has 3 fully saturated rings. The molecule has 0 amide bonds. The SMILES string of the molecule is C[C@]12CC[C@@H](O)CC1=CC[C@@H]1[C@H]2CC[C@@]2(C)C(=O)/C(=C\c3ccc([N+](=O)[O-])cc3)C[C@@H]12. The quantitative estimate of drug-likeness (QED) is 0.297. The van der Waals surface area contributed by atoms with E-state index in [1.807, 2.05) is 6.08 Å². The fourth-order valence-electron chi connectivity index (χ4n) is 7.33. The number of carbonyl (C=O) groups excluding carboxylic acids is 1. The molecular weight excluding hydrogens is 390 g/mol. The Morgan fingerprint density at radius 1 is 1.06 bits per heavy atom. The number of rotatable bonds is 2. The van der Waals surface area contributed by atoms with Crippen molar-refractivity contribution in [1.82, 2.24) is 0 Å². The molecule has 6 atom stereocenters. The minimum absolute atomic E-state index is 0.0685. The van der Waals surface area contributed by atoms with E-state index < -0.39 is 4.92 Å². The van der Waals surface area contributed by atoms with Gasteiger partial charge in [0.1, 0.15) is 0 Å². The summed E-state index contributed by atoms with van der Waals surface area (Å²) in [5.74, 6) is 1.72. The van der Waals surface area contributed by atoms with Crippen molar-refractivity contribution in [1.29, 1.82) is 0 Å². The number of benzene rings is 1. The van der Waals surface area contributed by atoms with Crippen molar-refractivity contribution in [2.24, 2.45) is 28.6 Å². The highest BCUT2D eigenvalue weighted by Gasteiger charge is 2.59. The van der Waals surface area contributed by atoms with Crippen molar-refractivity contribution in [3.8, 4) is 0 Å². The van der Waals surface area contributed by atoms with Crippen molar-refractivity contribution >= 4 is 17.5 Å². The smallest absolute Gasteiger partial charge is 0.269 e. The van der Waals surface area contributed by atoms with Crippen LogP contribution in [0.1, 0.15) is 64.4 Å². The summed E-state index contributed by atoms with van der Waals surface area (Å²) in [6, 6.07) is 6.47. The van der Waals surface area contributed by atoms with Gasteiger partial charge in [-0.25, -0.2) is 0 Å². The molecule has 0 spiro atoms. The topological polar surface area (TPSA) is 80.4 Å². The van der Waals surface area contributed by atoms with Gasteiger partial charge in [-0.3, -0.25) is 14.9 Å². The van der Waals surface area contributed by atoms with Crippen LogP contribution in [0, 0.1) is 38.7 Å². The number of aliphatic hydroxyl groups is 1. The maximum Gasteiger partial charge on any atom is 0.269 e. The standard InChI is InChI=1S/C26H31NO4/c1-25-11-9-20(28)15-18(25)5-8-21-22(25)10-12-26(2)23(21)14-17(24(26)29)13-16-3-6-19(7-4-16)27(30)31/h3-7,13,20-23,28H,8-12,14-15H2,1-2H3/b17-13-/t20-,21-,22-,23+,25+,26-/m1/s1. The zero-order valence-corrected chi connectivity index (χ0v) is 18.3. The second-order valence-corrected chi connectivity index (χ2v) is 10.7. The zero-order valence-electron chi connectivity index (χ0n) is 18.3.